The van der Waals surface area contributed by atoms with Crippen molar-refractivity contribution in [2.24, 2.45) is 5.92 Å². The number of hydrogen-bond acceptors (Lipinski definition) is 6. The van der Waals surface area contributed by atoms with Gasteiger partial charge in [0.25, 0.3) is 0 Å². The second-order valence-corrected chi connectivity index (χ2v) is 5.67. The van der Waals surface area contributed by atoms with Crippen molar-refractivity contribution in [3.8, 4) is 17.2 Å². The molecule has 0 aliphatic carbocycles. The summed E-state index contributed by atoms with van der Waals surface area (Å²) in [4.78, 5) is 11.9. The molecule has 1 aromatic carbocycles. The summed E-state index contributed by atoms with van der Waals surface area (Å²) in [6.07, 6.45) is 1.44. The fourth-order valence-corrected chi connectivity index (χ4v) is 2.16. The molecule has 0 aromatic heterocycles. The fourth-order valence-electron chi connectivity index (χ4n) is 2.16. The van der Waals surface area contributed by atoms with Gasteiger partial charge in [0.05, 0.1) is 0 Å². The summed E-state index contributed by atoms with van der Waals surface area (Å²) >= 11 is 0. The van der Waals surface area contributed by atoms with Crippen LogP contribution in [0, 0.1) is 5.92 Å². The molecule has 130 valence electrons. The minimum Gasteiger partial charge on any atom is -0.507 e. The van der Waals surface area contributed by atoms with Crippen molar-refractivity contribution < 1.29 is 28.8 Å². The third-order valence-electron chi connectivity index (χ3n) is 3.32. The van der Waals surface area contributed by atoms with Crippen LogP contribution in [-0.4, -0.2) is 38.7 Å². The molecule has 0 atom stereocenters. The van der Waals surface area contributed by atoms with Gasteiger partial charge in [0.1, 0.15) is 22.8 Å². The zero-order valence-electron chi connectivity index (χ0n) is 14.5. The molecule has 6 heteroatoms. The molecule has 1 aromatic rings. The third kappa shape index (κ3) is 5.41. The second kappa shape index (κ2) is 9.37. The van der Waals surface area contributed by atoms with E-state index in [1.807, 2.05) is 0 Å². The summed E-state index contributed by atoms with van der Waals surface area (Å²) in [5.74, 6) is 0.753. The lowest BCUT2D eigenvalue weighted by atomic mass is 9.97. The van der Waals surface area contributed by atoms with Crippen LogP contribution in [0.5, 0.6) is 17.2 Å². The number of ketones is 1. The standard InChI is InChI=1S/C17H26O6/c1-11(2)6-7-13-14(22-9-20-4)8-15(23-10-21-5)16(12(3)18)17(13)19/h8,11,19H,6-7,9-10H2,1-5H3. The third-order valence-corrected chi connectivity index (χ3v) is 3.32. The Morgan fingerprint density at radius 1 is 1.13 bits per heavy atom. The number of Topliss-reactive ketones (excluding diaryl/α,β-unsaturated/α-hetero) is 1. The molecule has 0 aliphatic heterocycles. The van der Waals surface area contributed by atoms with Crippen molar-refractivity contribution in [3.05, 3.63) is 17.2 Å². The Kier molecular flexibility index (Phi) is 7.85. The van der Waals surface area contributed by atoms with E-state index >= 15 is 0 Å². The first-order valence-corrected chi connectivity index (χ1v) is 7.55. The van der Waals surface area contributed by atoms with E-state index in [1.54, 1.807) is 6.07 Å². The van der Waals surface area contributed by atoms with Crippen LogP contribution >= 0.6 is 0 Å². The molecule has 0 saturated heterocycles. The predicted octanol–water partition coefficient (Wildman–Crippen LogP) is 3.15. The predicted molar refractivity (Wildman–Crippen MR) is 86.3 cm³/mol. The van der Waals surface area contributed by atoms with Crippen LogP contribution in [0.3, 0.4) is 0 Å². The van der Waals surface area contributed by atoms with Gasteiger partial charge in [0.2, 0.25) is 0 Å². The summed E-state index contributed by atoms with van der Waals surface area (Å²) < 4.78 is 20.7. The monoisotopic (exact) mass is 326 g/mol. The van der Waals surface area contributed by atoms with E-state index in [0.717, 1.165) is 6.42 Å². The van der Waals surface area contributed by atoms with Gasteiger partial charge in [-0.2, -0.15) is 0 Å². The van der Waals surface area contributed by atoms with Gasteiger partial charge in [0.15, 0.2) is 19.4 Å². The Balaban J connectivity index is 3.32. The second-order valence-electron chi connectivity index (χ2n) is 5.67. The maximum Gasteiger partial charge on any atom is 0.188 e. The molecule has 0 radical (unpaired) electrons. The molecule has 1 rings (SSSR count). The summed E-state index contributed by atoms with van der Waals surface area (Å²) in [5, 5.41) is 10.6. The minimum atomic E-state index is -0.280. The zero-order chi connectivity index (χ0) is 17.4. The van der Waals surface area contributed by atoms with Crippen LogP contribution in [-0.2, 0) is 15.9 Å². The van der Waals surface area contributed by atoms with Crippen molar-refractivity contribution in [3.63, 3.8) is 0 Å². The SMILES string of the molecule is COCOc1cc(OCOC)c(C(C)=O)c(O)c1CCC(C)C. The molecule has 0 spiro atoms. The van der Waals surface area contributed by atoms with E-state index in [2.05, 4.69) is 13.8 Å². The highest BCUT2D eigenvalue weighted by molar-refractivity contribution is 6.00. The maximum absolute atomic E-state index is 11.9. The van der Waals surface area contributed by atoms with E-state index in [9.17, 15) is 9.90 Å². The Hall–Kier alpha value is -1.79. The van der Waals surface area contributed by atoms with Crippen molar-refractivity contribution in [1.29, 1.82) is 0 Å². The number of aromatic hydroxyl groups is 1. The van der Waals surface area contributed by atoms with Crippen LogP contribution in [0.2, 0.25) is 0 Å². The molecular weight excluding hydrogens is 300 g/mol. The number of methoxy groups -OCH3 is 2. The summed E-state index contributed by atoms with van der Waals surface area (Å²) in [6, 6.07) is 1.60. The highest BCUT2D eigenvalue weighted by Crippen LogP contribution is 2.40. The Labute approximate surface area is 137 Å². The van der Waals surface area contributed by atoms with Crippen LogP contribution < -0.4 is 9.47 Å². The molecule has 0 unspecified atom stereocenters. The summed E-state index contributed by atoms with van der Waals surface area (Å²) in [5.41, 5.74) is 0.733. The van der Waals surface area contributed by atoms with E-state index < -0.39 is 0 Å². The number of rotatable bonds is 10. The Morgan fingerprint density at radius 2 is 1.70 bits per heavy atom. The van der Waals surface area contributed by atoms with E-state index in [4.69, 9.17) is 18.9 Å². The molecule has 0 aliphatic rings. The lowest BCUT2D eigenvalue weighted by Gasteiger charge is -2.18. The van der Waals surface area contributed by atoms with Gasteiger partial charge in [-0.1, -0.05) is 13.8 Å². The minimum absolute atomic E-state index is 0.0330. The maximum atomic E-state index is 11.9. The van der Waals surface area contributed by atoms with Gasteiger partial charge in [0, 0.05) is 25.8 Å². The number of hydrogen-bond donors (Lipinski definition) is 1. The van der Waals surface area contributed by atoms with Crippen molar-refractivity contribution in [1.82, 2.24) is 0 Å². The lowest BCUT2D eigenvalue weighted by Crippen LogP contribution is -2.09. The quantitative estimate of drug-likeness (QED) is 0.526. The molecule has 1 N–H and O–H groups in total. The van der Waals surface area contributed by atoms with E-state index in [1.165, 1.54) is 21.1 Å². The average molecular weight is 326 g/mol. The first-order valence-electron chi connectivity index (χ1n) is 7.55. The molecule has 0 bridgehead atoms. The highest BCUT2D eigenvalue weighted by atomic mass is 16.7. The molecule has 0 saturated carbocycles. The molecule has 23 heavy (non-hydrogen) atoms. The van der Waals surface area contributed by atoms with Crippen molar-refractivity contribution in [2.45, 2.75) is 33.6 Å². The van der Waals surface area contributed by atoms with Crippen LogP contribution in [0.25, 0.3) is 0 Å². The number of carbonyl (C=O) groups is 1. The van der Waals surface area contributed by atoms with Gasteiger partial charge in [-0.05, 0) is 25.7 Å². The van der Waals surface area contributed by atoms with Gasteiger partial charge in [-0.15, -0.1) is 0 Å². The van der Waals surface area contributed by atoms with Gasteiger partial charge < -0.3 is 24.1 Å². The van der Waals surface area contributed by atoms with Gasteiger partial charge in [-0.3, -0.25) is 4.79 Å². The average Bonchev–Trinajstić information content (AvgIpc) is 2.48. The molecule has 0 fully saturated rings. The Morgan fingerprint density at radius 3 is 2.17 bits per heavy atom. The highest BCUT2D eigenvalue weighted by Gasteiger charge is 2.23. The largest absolute Gasteiger partial charge is 0.507 e. The van der Waals surface area contributed by atoms with Crippen molar-refractivity contribution in [2.75, 3.05) is 27.8 Å². The van der Waals surface area contributed by atoms with Crippen LogP contribution in [0.4, 0.5) is 0 Å². The number of ether oxygens (including phenoxy) is 4. The zero-order valence-corrected chi connectivity index (χ0v) is 14.5. The first-order chi connectivity index (χ1) is 10.9. The normalized spacial score (nSPS) is 10.9. The lowest BCUT2D eigenvalue weighted by molar-refractivity contribution is 0.0447. The number of benzene rings is 1. The molecule has 6 nitrogen and oxygen atoms in total. The topological polar surface area (TPSA) is 74.2 Å². The fraction of sp³-hybridized carbons (Fsp3) is 0.588. The number of phenolic OH excluding ortho intramolecular Hbond substituents is 1. The van der Waals surface area contributed by atoms with Crippen LogP contribution in [0.1, 0.15) is 43.1 Å². The van der Waals surface area contributed by atoms with E-state index in [-0.39, 0.29) is 36.4 Å². The summed E-state index contributed by atoms with van der Waals surface area (Å²) in [6.45, 7) is 5.58. The summed E-state index contributed by atoms with van der Waals surface area (Å²) in [7, 11) is 2.99. The molecule has 0 heterocycles. The van der Waals surface area contributed by atoms with Gasteiger partial charge in [-0.25, -0.2) is 0 Å². The molecule has 0 amide bonds. The molecular formula is C17H26O6. The van der Waals surface area contributed by atoms with Crippen molar-refractivity contribution >= 4 is 5.78 Å². The number of carbonyl (C=O) groups excluding carboxylic acids is 1. The number of phenols is 1. The Bertz CT molecular complexity index is 524. The van der Waals surface area contributed by atoms with Crippen LogP contribution in [0.15, 0.2) is 6.07 Å². The smallest absolute Gasteiger partial charge is 0.188 e. The first kappa shape index (κ1) is 19.3. The van der Waals surface area contributed by atoms with Gasteiger partial charge >= 0.3 is 0 Å². The van der Waals surface area contributed by atoms with E-state index in [0.29, 0.717) is 23.7 Å².